The van der Waals surface area contributed by atoms with Gasteiger partial charge in [-0.3, -0.25) is 4.79 Å². The van der Waals surface area contributed by atoms with Crippen LogP contribution in [0.5, 0.6) is 5.75 Å². The number of aliphatic hydroxyl groups is 1. The molecule has 1 heterocycles. The first-order valence-corrected chi connectivity index (χ1v) is 9.22. The lowest BCUT2D eigenvalue weighted by Gasteiger charge is -2.35. The van der Waals surface area contributed by atoms with Gasteiger partial charge < -0.3 is 9.84 Å². The Morgan fingerprint density at radius 1 is 1.29 bits per heavy atom. The number of carbonyl (C=O) groups is 1. The van der Waals surface area contributed by atoms with Gasteiger partial charge in [0, 0.05) is 5.56 Å². The predicted molar refractivity (Wildman–Crippen MR) is 90.2 cm³/mol. The maximum absolute atomic E-state index is 14.4. The largest absolute Gasteiger partial charge is 0.423 e. The van der Waals surface area contributed by atoms with Crippen LogP contribution in [-0.2, 0) is 11.2 Å². The minimum Gasteiger partial charge on any atom is -0.423 e. The molecule has 3 rings (SSSR count). The molecule has 0 spiro atoms. The Labute approximate surface area is 143 Å². The molecule has 3 nitrogen and oxygen atoms in total. The molecule has 132 valence electrons. The van der Waals surface area contributed by atoms with E-state index >= 15 is 0 Å². The van der Waals surface area contributed by atoms with Gasteiger partial charge in [-0.15, -0.1) is 0 Å². The van der Waals surface area contributed by atoms with E-state index in [2.05, 4.69) is 6.92 Å². The zero-order chi connectivity index (χ0) is 17.3. The predicted octanol–water partition coefficient (Wildman–Crippen LogP) is 4.56. The zero-order valence-electron chi connectivity index (χ0n) is 14.6. The second-order valence-corrected chi connectivity index (χ2v) is 7.43. The van der Waals surface area contributed by atoms with E-state index in [1.807, 2.05) is 0 Å². The molecule has 2 aliphatic rings. The van der Waals surface area contributed by atoms with Gasteiger partial charge in [-0.05, 0) is 43.6 Å². The molecular weight excluding hydrogens is 307 g/mol. The van der Waals surface area contributed by atoms with Gasteiger partial charge in [0.2, 0.25) is 0 Å². The van der Waals surface area contributed by atoms with E-state index in [0.29, 0.717) is 12.3 Å². The lowest BCUT2D eigenvalue weighted by atomic mass is 9.72. The molecule has 1 N–H and O–H groups in total. The number of hydrogen-bond donors (Lipinski definition) is 1. The van der Waals surface area contributed by atoms with E-state index in [1.54, 1.807) is 12.1 Å². The monoisotopic (exact) mass is 334 g/mol. The lowest BCUT2D eigenvalue weighted by Crippen LogP contribution is -2.35. The number of halogens is 1. The van der Waals surface area contributed by atoms with Crippen molar-refractivity contribution in [2.45, 2.75) is 64.9 Å². The van der Waals surface area contributed by atoms with E-state index in [4.69, 9.17) is 4.74 Å². The first-order valence-electron chi connectivity index (χ1n) is 9.22. The average molecular weight is 334 g/mol. The molecule has 0 amide bonds. The normalized spacial score (nSPS) is 28.2. The van der Waals surface area contributed by atoms with Crippen LogP contribution >= 0.6 is 0 Å². The number of hydrogen-bond acceptors (Lipinski definition) is 3. The van der Waals surface area contributed by atoms with Crippen molar-refractivity contribution in [1.82, 2.24) is 0 Å². The quantitative estimate of drug-likeness (QED) is 0.648. The molecule has 0 bridgehead atoms. The minimum absolute atomic E-state index is 0.0225. The van der Waals surface area contributed by atoms with Crippen molar-refractivity contribution in [2.24, 2.45) is 17.8 Å². The van der Waals surface area contributed by atoms with Gasteiger partial charge in [-0.2, -0.15) is 0 Å². The number of fused-ring (bicyclic) bond motifs is 1. The fourth-order valence-electron chi connectivity index (χ4n) is 4.35. The molecule has 2 atom stereocenters. The third kappa shape index (κ3) is 3.34. The maximum atomic E-state index is 14.4. The molecule has 4 heteroatoms. The molecule has 1 fully saturated rings. The van der Waals surface area contributed by atoms with Crippen LogP contribution < -0.4 is 4.74 Å². The van der Waals surface area contributed by atoms with Crippen molar-refractivity contribution in [3.63, 3.8) is 0 Å². The highest BCUT2D eigenvalue weighted by Gasteiger charge is 2.38. The van der Waals surface area contributed by atoms with Crippen LogP contribution in [0, 0.1) is 23.6 Å². The van der Waals surface area contributed by atoms with Gasteiger partial charge >= 0.3 is 5.97 Å². The van der Waals surface area contributed by atoms with Gasteiger partial charge in [-0.1, -0.05) is 44.7 Å². The summed E-state index contributed by atoms with van der Waals surface area (Å²) in [5.74, 6) is 0.109. The minimum atomic E-state index is -0.916. The molecule has 0 aromatic heterocycles. The first kappa shape index (κ1) is 17.4. The third-order valence-electron chi connectivity index (χ3n) is 5.76. The van der Waals surface area contributed by atoms with Crippen LogP contribution in [0.15, 0.2) is 12.1 Å². The average Bonchev–Trinajstić information content (AvgIpc) is 2.56. The van der Waals surface area contributed by atoms with Crippen molar-refractivity contribution in [3.8, 4) is 5.75 Å². The summed E-state index contributed by atoms with van der Waals surface area (Å²) in [7, 11) is 0. The molecule has 24 heavy (non-hydrogen) atoms. The summed E-state index contributed by atoms with van der Waals surface area (Å²) >= 11 is 0. The summed E-state index contributed by atoms with van der Waals surface area (Å²) in [5.41, 5.74) is 0.928. The van der Waals surface area contributed by atoms with Gasteiger partial charge in [0.05, 0.1) is 12.0 Å². The van der Waals surface area contributed by atoms with Gasteiger partial charge in [0.1, 0.15) is 0 Å². The van der Waals surface area contributed by atoms with E-state index in [0.717, 1.165) is 24.3 Å². The first-order chi connectivity index (χ1) is 11.5. The Morgan fingerprint density at radius 2 is 2.00 bits per heavy atom. The number of benzene rings is 1. The second-order valence-electron chi connectivity index (χ2n) is 7.43. The van der Waals surface area contributed by atoms with Crippen LogP contribution in [0.1, 0.15) is 69.6 Å². The summed E-state index contributed by atoms with van der Waals surface area (Å²) in [6.45, 7) is 3.73. The SMILES string of the molecule is CCCC1CCC(C2Cc3ccc(C(C)O)c(F)c3OC2=O)CC1. The number of esters is 1. The van der Waals surface area contributed by atoms with Crippen molar-refractivity contribution >= 4 is 5.97 Å². The molecule has 1 saturated carbocycles. The highest BCUT2D eigenvalue weighted by Crippen LogP contribution is 2.41. The Balaban J connectivity index is 1.74. The lowest BCUT2D eigenvalue weighted by molar-refractivity contribution is -0.143. The molecular formula is C20H27FO3. The van der Waals surface area contributed by atoms with Crippen molar-refractivity contribution in [3.05, 3.63) is 29.1 Å². The smallest absolute Gasteiger partial charge is 0.315 e. The highest BCUT2D eigenvalue weighted by atomic mass is 19.1. The molecule has 1 aromatic carbocycles. The number of ether oxygens (including phenoxy) is 1. The van der Waals surface area contributed by atoms with Crippen molar-refractivity contribution < 1.29 is 19.0 Å². The van der Waals surface area contributed by atoms with Gasteiger partial charge in [0.15, 0.2) is 11.6 Å². The molecule has 0 radical (unpaired) electrons. The van der Waals surface area contributed by atoms with Crippen LogP contribution in [0.3, 0.4) is 0 Å². The molecule has 1 aromatic rings. The van der Waals surface area contributed by atoms with E-state index in [-0.39, 0.29) is 23.2 Å². The Hall–Kier alpha value is -1.42. The van der Waals surface area contributed by atoms with Crippen LogP contribution in [0.4, 0.5) is 4.39 Å². The maximum Gasteiger partial charge on any atom is 0.315 e. The van der Waals surface area contributed by atoms with E-state index in [1.165, 1.54) is 32.6 Å². The third-order valence-corrected chi connectivity index (χ3v) is 5.76. The molecule has 1 aliphatic carbocycles. The fraction of sp³-hybridized carbons (Fsp3) is 0.650. The topological polar surface area (TPSA) is 46.5 Å². The van der Waals surface area contributed by atoms with Crippen molar-refractivity contribution in [1.29, 1.82) is 0 Å². The summed E-state index contributed by atoms with van der Waals surface area (Å²) in [6, 6.07) is 3.40. The summed E-state index contributed by atoms with van der Waals surface area (Å²) < 4.78 is 19.8. The van der Waals surface area contributed by atoms with Gasteiger partial charge in [-0.25, -0.2) is 4.39 Å². The number of aliphatic hydroxyl groups excluding tert-OH is 1. The fourth-order valence-corrected chi connectivity index (χ4v) is 4.35. The Morgan fingerprint density at radius 3 is 2.62 bits per heavy atom. The molecule has 1 aliphatic heterocycles. The standard InChI is InChI=1S/C20H27FO3/c1-3-4-13-5-7-14(8-6-13)17-11-15-9-10-16(12(2)22)18(21)19(15)24-20(17)23/h9-10,12-14,17,22H,3-8,11H2,1-2H3. The van der Waals surface area contributed by atoms with Crippen LogP contribution in [0.25, 0.3) is 0 Å². The summed E-state index contributed by atoms with van der Waals surface area (Å²) in [6.07, 6.45) is 6.63. The van der Waals surface area contributed by atoms with Crippen molar-refractivity contribution in [2.75, 3.05) is 0 Å². The summed E-state index contributed by atoms with van der Waals surface area (Å²) in [5, 5.41) is 9.62. The second kappa shape index (κ2) is 7.22. The highest BCUT2D eigenvalue weighted by molar-refractivity contribution is 5.78. The number of rotatable bonds is 4. The van der Waals surface area contributed by atoms with E-state index in [9.17, 15) is 14.3 Å². The zero-order valence-corrected chi connectivity index (χ0v) is 14.6. The Kier molecular flexibility index (Phi) is 5.24. The van der Waals surface area contributed by atoms with Gasteiger partial charge in [0.25, 0.3) is 0 Å². The van der Waals surface area contributed by atoms with Crippen LogP contribution in [-0.4, -0.2) is 11.1 Å². The van der Waals surface area contributed by atoms with E-state index < -0.39 is 11.9 Å². The molecule has 2 unspecified atom stereocenters. The van der Waals surface area contributed by atoms with Crippen LogP contribution in [0.2, 0.25) is 0 Å². The Bertz CT molecular complexity index is 603. The number of carbonyl (C=O) groups excluding carboxylic acids is 1. The summed E-state index contributed by atoms with van der Waals surface area (Å²) in [4.78, 5) is 12.4. The molecule has 0 saturated heterocycles.